The number of benzene rings is 1. The maximum Gasteiger partial charge on any atom is 0.374 e. The van der Waals surface area contributed by atoms with Gasteiger partial charge in [0.2, 0.25) is 5.76 Å². The molecule has 0 fully saturated rings. The van der Waals surface area contributed by atoms with Crippen molar-refractivity contribution in [2.45, 2.75) is 13.5 Å². The summed E-state index contributed by atoms with van der Waals surface area (Å²) in [5.41, 5.74) is 4.12. The molecule has 5 nitrogen and oxygen atoms in total. The summed E-state index contributed by atoms with van der Waals surface area (Å²) in [5, 5.41) is 3.29. The monoisotopic (exact) mass is 288 g/mol. The first-order valence-electron chi connectivity index (χ1n) is 6.69. The van der Waals surface area contributed by atoms with E-state index in [-0.39, 0.29) is 5.76 Å². The van der Waals surface area contributed by atoms with Crippen LogP contribution in [0.5, 0.6) is 0 Å². The van der Waals surface area contributed by atoms with Crippen molar-refractivity contribution in [2.24, 2.45) is 0 Å². The van der Waals surface area contributed by atoms with Crippen molar-refractivity contribution in [3.63, 3.8) is 0 Å². The zero-order valence-corrected chi connectivity index (χ0v) is 12.8. The zero-order valence-electron chi connectivity index (χ0n) is 12.8. The van der Waals surface area contributed by atoms with Crippen LogP contribution < -0.4 is 10.2 Å². The summed E-state index contributed by atoms with van der Waals surface area (Å²) in [5.74, 6) is -0.223. The quantitative estimate of drug-likeness (QED) is 0.857. The number of furan rings is 1. The highest BCUT2D eigenvalue weighted by Crippen LogP contribution is 2.23. The predicted molar refractivity (Wildman–Crippen MR) is 82.9 cm³/mol. The second-order valence-electron chi connectivity index (χ2n) is 5.02. The summed E-state index contributed by atoms with van der Waals surface area (Å²) in [6.07, 6.45) is 1.49. The van der Waals surface area contributed by atoms with Crippen molar-refractivity contribution in [3.05, 3.63) is 47.4 Å². The number of nitrogens with one attached hydrogen (secondary N) is 1. The summed E-state index contributed by atoms with van der Waals surface area (Å²) < 4.78 is 9.85. The van der Waals surface area contributed by atoms with Crippen LogP contribution in [0.2, 0.25) is 0 Å². The standard InChI is InChI=1S/C16H20N2O3/c1-11-5-6-13(9-14(11)18(2)3)17-10-12-7-8-21-15(12)16(19)20-4/h5-9,17H,10H2,1-4H3. The Hall–Kier alpha value is -2.43. The molecule has 0 aliphatic rings. The first-order chi connectivity index (χ1) is 10.0. The average Bonchev–Trinajstić information content (AvgIpc) is 2.93. The van der Waals surface area contributed by atoms with Gasteiger partial charge in [-0.25, -0.2) is 4.79 Å². The summed E-state index contributed by atoms with van der Waals surface area (Å²) >= 11 is 0. The Morgan fingerprint density at radius 3 is 2.76 bits per heavy atom. The lowest BCUT2D eigenvalue weighted by Gasteiger charge is -2.17. The SMILES string of the molecule is COC(=O)c1occc1CNc1ccc(C)c(N(C)C)c1. The minimum Gasteiger partial charge on any atom is -0.463 e. The smallest absolute Gasteiger partial charge is 0.374 e. The maximum atomic E-state index is 11.5. The number of carbonyl (C=O) groups excluding carboxylic acids is 1. The van der Waals surface area contributed by atoms with Gasteiger partial charge in [-0.2, -0.15) is 0 Å². The van der Waals surface area contributed by atoms with Gasteiger partial charge in [-0.3, -0.25) is 0 Å². The number of rotatable bonds is 5. The van der Waals surface area contributed by atoms with Crippen LogP contribution in [0, 0.1) is 6.92 Å². The number of aryl methyl sites for hydroxylation is 1. The molecule has 2 aromatic rings. The van der Waals surface area contributed by atoms with Gasteiger partial charge in [0.15, 0.2) is 0 Å². The number of anilines is 2. The Labute approximate surface area is 124 Å². The molecular formula is C16H20N2O3. The number of methoxy groups -OCH3 is 1. The van der Waals surface area contributed by atoms with Gasteiger partial charge in [0, 0.05) is 37.6 Å². The molecule has 0 aliphatic carbocycles. The Morgan fingerprint density at radius 2 is 2.10 bits per heavy atom. The van der Waals surface area contributed by atoms with Crippen LogP contribution in [0.15, 0.2) is 34.9 Å². The van der Waals surface area contributed by atoms with E-state index in [4.69, 9.17) is 4.42 Å². The third-order valence-electron chi connectivity index (χ3n) is 3.29. The lowest BCUT2D eigenvalue weighted by atomic mass is 10.1. The molecule has 1 aromatic heterocycles. The number of carbonyl (C=O) groups is 1. The highest BCUT2D eigenvalue weighted by atomic mass is 16.5. The first-order valence-corrected chi connectivity index (χ1v) is 6.69. The van der Waals surface area contributed by atoms with E-state index in [0.717, 1.165) is 16.9 Å². The molecular weight excluding hydrogens is 268 g/mol. The second-order valence-corrected chi connectivity index (χ2v) is 5.02. The van der Waals surface area contributed by atoms with Crippen molar-refractivity contribution in [1.82, 2.24) is 0 Å². The Balaban J connectivity index is 2.12. The number of ether oxygens (including phenoxy) is 1. The highest BCUT2D eigenvalue weighted by Gasteiger charge is 2.15. The van der Waals surface area contributed by atoms with Crippen molar-refractivity contribution in [3.8, 4) is 0 Å². The van der Waals surface area contributed by atoms with Crippen molar-refractivity contribution in [2.75, 3.05) is 31.4 Å². The number of esters is 1. The Bertz CT molecular complexity index is 632. The van der Waals surface area contributed by atoms with E-state index < -0.39 is 5.97 Å². The van der Waals surface area contributed by atoms with E-state index in [1.54, 1.807) is 6.07 Å². The van der Waals surface area contributed by atoms with Crippen molar-refractivity contribution >= 4 is 17.3 Å². The maximum absolute atomic E-state index is 11.5. The fraction of sp³-hybridized carbons (Fsp3) is 0.312. The molecule has 21 heavy (non-hydrogen) atoms. The highest BCUT2D eigenvalue weighted by molar-refractivity contribution is 5.87. The van der Waals surface area contributed by atoms with Gasteiger partial charge in [0.05, 0.1) is 13.4 Å². The van der Waals surface area contributed by atoms with E-state index in [1.807, 2.05) is 20.2 Å². The Morgan fingerprint density at radius 1 is 1.33 bits per heavy atom. The van der Waals surface area contributed by atoms with Crippen LogP contribution in [-0.2, 0) is 11.3 Å². The summed E-state index contributed by atoms with van der Waals surface area (Å²) in [6, 6.07) is 7.92. The van der Waals surface area contributed by atoms with Crippen LogP contribution in [0.1, 0.15) is 21.7 Å². The predicted octanol–water partition coefficient (Wildman–Crippen LogP) is 3.05. The van der Waals surface area contributed by atoms with Crippen LogP contribution >= 0.6 is 0 Å². The Kier molecular flexibility index (Phi) is 4.52. The molecule has 0 aliphatic heterocycles. The third kappa shape index (κ3) is 3.37. The molecule has 0 bridgehead atoms. The van der Waals surface area contributed by atoms with Gasteiger partial charge >= 0.3 is 5.97 Å². The second kappa shape index (κ2) is 6.35. The van der Waals surface area contributed by atoms with Crippen LogP contribution in [-0.4, -0.2) is 27.2 Å². The van der Waals surface area contributed by atoms with Gasteiger partial charge in [0.1, 0.15) is 0 Å². The minimum atomic E-state index is -0.463. The van der Waals surface area contributed by atoms with Gasteiger partial charge in [0.25, 0.3) is 0 Å². The van der Waals surface area contributed by atoms with E-state index >= 15 is 0 Å². The summed E-state index contributed by atoms with van der Waals surface area (Å²) in [4.78, 5) is 13.6. The molecule has 0 radical (unpaired) electrons. The van der Waals surface area contributed by atoms with Gasteiger partial charge in [-0.15, -0.1) is 0 Å². The lowest BCUT2D eigenvalue weighted by Crippen LogP contribution is -2.11. The normalized spacial score (nSPS) is 10.3. The molecule has 1 heterocycles. The molecule has 2 rings (SSSR count). The van der Waals surface area contributed by atoms with Crippen molar-refractivity contribution in [1.29, 1.82) is 0 Å². The van der Waals surface area contributed by atoms with Crippen molar-refractivity contribution < 1.29 is 13.9 Å². The minimum absolute atomic E-state index is 0.241. The van der Waals surface area contributed by atoms with Crippen LogP contribution in [0.3, 0.4) is 0 Å². The van der Waals surface area contributed by atoms with E-state index in [2.05, 4.69) is 34.0 Å². The molecule has 0 spiro atoms. The molecule has 0 saturated heterocycles. The zero-order chi connectivity index (χ0) is 15.4. The number of nitrogens with zero attached hydrogens (tertiary/aromatic N) is 1. The first kappa shape index (κ1) is 15.0. The fourth-order valence-electron chi connectivity index (χ4n) is 2.15. The van der Waals surface area contributed by atoms with Gasteiger partial charge in [-0.05, 0) is 30.7 Å². The third-order valence-corrected chi connectivity index (χ3v) is 3.29. The van der Waals surface area contributed by atoms with Gasteiger partial charge in [-0.1, -0.05) is 6.07 Å². The number of hydrogen-bond donors (Lipinski definition) is 1. The molecule has 1 N–H and O–H groups in total. The number of hydrogen-bond acceptors (Lipinski definition) is 5. The fourth-order valence-corrected chi connectivity index (χ4v) is 2.15. The van der Waals surface area contributed by atoms with E-state index in [1.165, 1.54) is 18.9 Å². The molecule has 0 saturated carbocycles. The molecule has 0 atom stereocenters. The van der Waals surface area contributed by atoms with E-state index in [0.29, 0.717) is 6.54 Å². The van der Waals surface area contributed by atoms with E-state index in [9.17, 15) is 4.79 Å². The molecule has 112 valence electrons. The summed E-state index contributed by atoms with van der Waals surface area (Å²) in [7, 11) is 5.36. The lowest BCUT2D eigenvalue weighted by molar-refractivity contribution is 0.0563. The molecule has 1 aromatic carbocycles. The topological polar surface area (TPSA) is 54.7 Å². The molecule has 0 amide bonds. The molecule has 0 unspecified atom stereocenters. The average molecular weight is 288 g/mol. The largest absolute Gasteiger partial charge is 0.463 e. The van der Waals surface area contributed by atoms with Crippen LogP contribution in [0.4, 0.5) is 11.4 Å². The van der Waals surface area contributed by atoms with Crippen LogP contribution in [0.25, 0.3) is 0 Å². The summed E-state index contributed by atoms with van der Waals surface area (Å²) in [6.45, 7) is 2.57. The van der Waals surface area contributed by atoms with Gasteiger partial charge < -0.3 is 19.4 Å². The molecule has 5 heteroatoms.